The summed E-state index contributed by atoms with van der Waals surface area (Å²) in [6.07, 6.45) is 9.42. The van der Waals surface area contributed by atoms with Gasteiger partial charge in [0.1, 0.15) is 12.4 Å². The van der Waals surface area contributed by atoms with E-state index in [0.29, 0.717) is 18.7 Å². The van der Waals surface area contributed by atoms with E-state index >= 15 is 0 Å². The Morgan fingerprint density at radius 3 is 2.26 bits per heavy atom. The van der Waals surface area contributed by atoms with Crippen molar-refractivity contribution in [2.24, 2.45) is 10.8 Å². The molecule has 0 aliphatic carbocycles. The Balaban J connectivity index is 1.37. The van der Waals surface area contributed by atoms with Crippen LogP contribution in [0.2, 0.25) is 0 Å². The van der Waals surface area contributed by atoms with E-state index < -0.39 is 0 Å². The van der Waals surface area contributed by atoms with E-state index in [1.807, 2.05) is 6.20 Å². The van der Waals surface area contributed by atoms with Crippen molar-refractivity contribution in [2.75, 3.05) is 31.1 Å². The summed E-state index contributed by atoms with van der Waals surface area (Å²) in [5.74, 6) is 0.840. The van der Waals surface area contributed by atoms with Crippen LogP contribution >= 0.6 is 0 Å². The molecule has 3 rings (SSSR count). The van der Waals surface area contributed by atoms with Gasteiger partial charge in [0.2, 0.25) is 0 Å². The van der Waals surface area contributed by atoms with Crippen molar-refractivity contribution in [3.63, 3.8) is 0 Å². The van der Waals surface area contributed by atoms with Gasteiger partial charge >= 0.3 is 0 Å². The molecule has 39 heavy (non-hydrogen) atoms. The van der Waals surface area contributed by atoms with Gasteiger partial charge in [-0.25, -0.2) is 0 Å². The van der Waals surface area contributed by atoms with Gasteiger partial charge in [0.15, 0.2) is 0 Å². The van der Waals surface area contributed by atoms with Crippen LogP contribution in [0.3, 0.4) is 0 Å². The number of hydrogen-bond donors (Lipinski definition) is 2. The average Bonchev–Trinajstić information content (AvgIpc) is 3.29. The molecule has 1 saturated heterocycles. The van der Waals surface area contributed by atoms with E-state index in [-0.39, 0.29) is 16.4 Å². The highest BCUT2D eigenvalue weighted by Crippen LogP contribution is 2.29. The van der Waals surface area contributed by atoms with Crippen molar-refractivity contribution in [1.29, 1.82) is 0 Å². The first-order valence-corrected chi connectivity index (χ1v) is 15.0. The average molecular weight is 538 g/mol. The molecular weight excluding hydrogens is 482 g/mol. The van der Waals surface area contributed by atoms with Crippen molar-refractivity contribution in [3.05, 3.63) is 48.0 Å². The lowest BCUT2D eigenvalue weighted by molar-refractivity contribution is 0.287. The Labute approximate surface area is 238 Å². The number of ether oxygens (including phenoxy) is 1. The second-order valence-corrected chi connectivity index (χ2v) is 14.6. The maximum Gasteiger partial charge on any atom is 0.137 e. The van der Waals surface area contributed by atoms with Crippen LogP contribution in [0.5, 0.6) is 5.75 Å². The standard InChI is InChI=1S/C33H55N5O/c1-25(37-28-15-18-38(24-28)29-12-10-26(34-22-29)20-31(2,3)4)14-16-33(8,9)21-27-11-13-30(23-35-27)39-19-17-36-32(5,6)7/h10-13,22-23,25,28,36-37H,14-21,24H2,1-9H3/t25?,28-/m1/s1. The lowest BCUT2D eigenvalue weighted by Crippen LogP contribution is -2.39. The SMILES string of the molecule is CC(CCC(C)(C)Cc1ccc(OCCNC(C)(C)C)cn1)N[C@@H]1CCN(c2ccc(CC(C)(C)C)nc2)C1. The lowest BCUT2D eigenvalue weighted by Gasteiger charge is -2.27. The molecule has 1 aliphatic rings. The molecule has 0 radical (unpaired) electrons. The summed E-state index contributed by atoms with van der Waals surface area (Å²) in [4.78, 5) is 11.9. The zero-order valence-corrected chi connectivity index (χ0v) is 26.2. The predicted molar refractivity (Wildman–Crippen MR) is 165 cm³/mol. The summed E-state index contributed by atoms with van der Waals surface area (Å²) < 4.78 is 5.85. The highest BCUT2D eigenvalue weighted by Gasteiger charge is 2.26. The highest BCUT2D eigenvalue weighted by molar-refractivity contribution is 5.46. The fourth-order valence-corrected chi connectivity index (χ4v) is 5.25. The number of rotatable bonds is 13. The summed E-state index contributed by atoms with van der Waals surface area (Å²) in [6, 6.07) is 9.65. The molecule has 2 aromatic rings. The summed E-state index contributed by atoms with van der Waals surface area (Å²) >= 11 is 0. The van der Waals surface area contributed by atoms with Crippen LogP contribution in [0, 0.1) is 10.8 Å². The van der Waals surface area contributed by atoms with E-state index in [2.05, 4.69) is 113 Å². The normalized spacial score (nSPS) is 17.5. The number of nitrogens with one attached hydrogen (secondary N) is 2. The third kappa shape index (κ3) is 11.8. The van der Waals surface area contributed by atoms with E-state index in [0.717, 1.165) is 56.8 Å². The number of pyridine rings is 2. The van der Waals surface area contributed by atoms with Gasteiger partial charge < -0.3 is 20.3 Å². The Kier molecular flexibility index (Phi) is 10.8. The zero-order chi connectivity index (χ0) is 28.7. The maximum absolute atomic E-state index is 5.85. The van der Waals surface area contributed by atoms with Crippen molar-refractivity contribution >= 4 is 5.69 Å². The van der Waals surface area contributed by atoms with Gasteiger partial charge in [-0.1, -0.05) is 34.6 Å². The van der Waals surface area contributed by atoms with Gasteiger partial charge in [-0.05, 0) is 94.9 Å². The summed E-state index contributed by atoms with van der Waals surface area (Å²) in [5.41, 5.74) is 4.13. The molecule has 0 spiro atoms. The van der Waals surface area contributed by atoms with Gasteiger partial charge in [-0.15, -0.1) is 0 Å². The number of nitrogens with zero attached hydrogens (tertiary/aromatic N) is 3. The van der Waals surface area contributed by atoms with Crippen molar-refractivity contribution in [3.8, 4) is 5.75 Å². The first-order valence-electron chi connectivity index (χ1n) is 15.0. The van der Waals surface area contributed by atoms with Crippen molar-refractivity contribution < 1.29 is 4.74 Å². The Bertz CT molecular complexity index is 989. The molecule has 6 nitrogen and oxygen atoms in total. The fourth-order valence-electron chi connectivity index (χ4n) is 5.25. The molecule has 0 amide bonds. The van der Waals surface area contributed by atoms with E-state index in [4.69, 9.17) is 9.72 Å². The molecule has 1 fully saturated rings. The van der Waals surface area contributed by atoms with E-state index in [1.165, 1.54) is 17.8 Å². The Morgan fingerprint density at radius 2 is 1.64 bits per heavy atom. The monoisotopic (exact) mass is 537 g/mol. The van der Waals surface area contributed by atoms with Crippen molar-refractivity contribution in [2.45, 2.75) is 112 Å². The minimum Gasteiger partial charge on any atom is -0.491 e. The van der Waals surface area contributed by atoms with Crippen LogP contribution in [0.4, 0.5) is 5.69 Å². The molecule has 1 aliphatic heterocycles. The third-order valence-corrected chi connectivity index (χ3v) is 7.33. The van der Waals surface area contributed by atoms with Crippen molar-refractivity contribution in [1.82, 2.24) is 20.6 Å². The summed E-state index contributed by atoms with van der Waals surface area (Å²) in [7, 11) is 0. The van der Waals surface area contributed by atoms with Gasteiger partial charge in [-0.2, -0.15) is 0 Å². The van der Waals surface area contributed by atoms with Gasteiger partial charge in [0, 0.05) is 48.6 Å². The molecule has 2 atom stereocenters. The molecule has 218 valence electrons. The second-order valence-electron chi connectivity index (χ2n) is 14.6. The number of hydrogen-bond acceptors (Lipinski definition) is 6. The quantitative estimate of drug-likeness (QED) is 0.287. The first kappa shape index (κ1) is 31.3. The lowest BCUT2D eigenvalue weighted by atomic mass is 9.82. The molecular formula is C33H55N5O. The smallest absolute Gasteiger partial charge is 0.137 e. The molecule has 3 heterocycles. The molecule has 0 bridgehead atoms. The minimum absolute atomic E-state index is 0.109. The molecule has 1 unspecified atom stereocenters. The van der Waals surface area contributed by atoms with Crippen LogP contribution in [-0.4, -0.2) is 53.8 Å². The van der Waals surface area contributed by atoms with Gasteiger partial charge in [0.05, 0.1) is 18.1 Å². The molecule has 0 saturated carbocycles. The van der Waals surface area contributed by atoms with E-state index in [1.54, 1.807) is 0 Å². The fraction of sp³-hybridized carbons (Fsp3) is 0.697. The molecule has 0 aromatic carbocycles. The van der Waals surface area contributed by atoms with Crippen LogP contribution in [-0.2, 0) is 12.8 Å². The largest absolute Gasteiger partial charge is 0.491 e. The summed E-state index contributed by atoms with van der Waals surface area (Å²) in [5, 5.41) is 7.34. The first-order chi connectivity index (χ1) is 18.2. The zero-order valence-electron chi connectivity index (χ0n) is 26.2. The van der Waals surface area contributed by atoms with Crippen LogP contribution in [0.25, 0.3) is 0 Å². The predicted octanol–water partition coefficient (Wildman–Crippen LogP) is 6.44. The van der Waals surface area contributed by atoms with Gasteiger partial charge in [0.25, 0.3) is 0 Å². The molecule has 6 heteroatoms. The topological polar surface area (TPSA) is 62.3 Å². The maximum atomic E-state index is 5.85. The highest BCUT2D eigenvalue weighted by atomic mass is 16.5. The van der Waals surface area contributed by atoms with E-state index in [9.17, 15) is 0 Å². The van der Waals surface area contributed by atoms with Crippen LogP contribution in [0.1, 0.15) is 93.0 Å². The molecule has 2 N–H and O–H groups in total. The number of aromatic nitrogens is 2. The minimum atomic E-state index is 0.109. The molecule has 2 aromatic heterocycles. The van der Waals surface area contributed by atoms with Crippen LogP contribution < -0.4 is 20.3 Å². The Hall–Kier alpha value is -2.18. The Morgan fingerprint density at radius 1 is 0.949 bits per heavy atom. The van der Waals surface area contributed by atoms with Crippen LogP contribution in [0.15, 0.2) is 36.7 Å². The summed E-state index contributed by atoms with van der Waals surface area (Å²) in [6.45, 7) is 24.0. The number of anilines is 1. The van der Waals surface area contributed by atoms with Gasteiger partial charge in [-0.3, -0.25) is 9.97 Å². The third-order valence-electron chi connectivity index (χ3n) is 7.33. The second kappa shape index (κ2) is 13.5.